The van der Waals surface area contributed by atoms with E-state index >= 15 is 0 Å². The van der Waals surface area contributed by atoms with Crippen LogP contribution in [0.1, 0.15) is 134 Å². The minimum atomic E-state index is 0.898. The van der Waals surface area contributed by atoms with E-state index in [-0.39, 0.29) is 0 Å². The Labute approximate surface area is 146 Å². The molecule has 0 aromatic heterocycles. The predicted molar refractivity (Wildman–Crippen MR) is 112 cm³/mol. The fourth-order valence-electron chi connectivity index (χ4n) is 2.03. The Balaban J connectivity index is -0.0000000687. The van der Waals surface area contributed by atoms with Gasteiger partial charge in [-0.3, -0.25) is 0 Å². The molecule has 22 heavy (non-hydrogen) atoms. The van der Waals surface area contributed by atoms with Crippen molar-refractivity contribution in [2.24, 2.45) is 11.8 Å². The second kappa shape index (κ2) is 42.9. The zero-order valence-corrected chi connectivity index (χ0v) is 18.8. The van der Waals surface area contributed by atoms with Crippen LogP contribution in [0, 0.1) is 11.8 Å². The van der Waals surface area contributed by atoms with Crippen LogP contribution >= 0.6 is 0 Å². The van der Waals surface area contributed by atoms with Crippen molar-refractivity contribution >= 4 is 0 Å². The van der Waals surface area contributed by atoms with Crippen molar-refractivity contribution in [2.45, 2.75) is 134 Å². The monoisotopic (exact) mass is 318 g/mol. The van der Waals surface area contributed by atoms with Crippen LogP contribution in [-0.4, -0.2) is 0 Å². The van der Waals surface area contributed by atoms with Gasteiger partial charge >= 0.3 is 0 Å². The highest BCUT2D eigenvalue weighted by atomic mass is 14.1. The Bertz CT molecular complexity index is 105. The maximum absolute atomic E-state index is 2.32. The summed E-state index contributed by atoms with van der Waals surface area (Å²) in [6, 6.07) is 0. The summed E-state index contributed by atoms with van der Waals surface area (Å²) in [6.07, 6.45) is 11.1. The SMILES string of the molecule is CC.CC.CC.CCCC(C)C.CCCCC(CC)CCC. The van der Waals surface area contributed by atoms with Gasteiger partial charge in [-0.15, -0.1) is 0 Å². The molecule has 0 nitrogen and oxygen atoms in total. The highest BCUT2D eigenvalue weighted by molar-refractivity contribution is 4.55. The molecule has 0 heterocycles. The van der Waals surface area contributed by atoms with Gasteiger partial charge in [-0.05, 0) is 11.8 Å². The quantitative estimate of drug-likeness (QED) is 0.418. The smallest absolute Gasteiger partial charge is 0.0417 e. The lowest BCUT2D eigenvalue weighted by molar-refractivity contribution is 0.417. The molecule has 0 amide bonds. The molecule has 0 N–H and O–H groups in total. The lowest BCUT2D eigenvalue weighted by atomic mass is 9.95. The average Bonchev–Trinajstić information content (AvgIpc) is 2.57. The van der Waals surface area contributed by atoms with E-state index in [1.54, 1.807) is 0 Å². The Morgan fingerprint density at radius 1 is 0.545 bits per heavy atom. The molecule has 0 fully saturated rings. The number of rotatable bonds is 8. The first-order chi connectivity index (χ1) is 10.6. The summed E-state index contributed by atoms with van der Waals surface area (Å²) in [5.74, 6) is 1.92. The van der Waals surface area contributed by atoms with E-state index in [1.165, 1.54) is 51.4 Å². The predicted octanol–water partition coefficient (Wildman–Crippen LogP) is 9.52. The van der Waals surface area contributed by atoms with Crippen LogP contribution < -0.4 is 0 Å². The number of hydrogen-bond acceptors (Lipinski definition) is 0. The standard InChI is InChI=1S/C10H22.C6H14.3C2H6/c1-4-7-9-10(6-3)8-5-2;1-4-5-6(2)3;3*1-2/h10H,4-9H2,1-3H3;6H,4-5H2,1-3H3;3*1-2H3. The molecule has 0 radical (unpaired) electrons. The molecule has 0 bridgehead atoms. The van der Waals surface area contributed by atoms with Gasteiger partial charge in [-0.2, -0.15) is 0 Å². The van der Waals surface area contributed by atoms with Gasteiger partial charge in [0.05, 0.1) is 0 Å². The van der Waals surface area contributed by atoms with Crippen molar-refractivity contribution in [1.29, 1.82) is 0 Å². The zero-order valence-electron chi connectivity index (χ0n) is 18.8. The van der Waals surface area contributed by atoms with Crippen molar-refractivity contribution in [3.8, 4) is 0 Å². The zero-order chi connectivity index (χ0) is 18.8. The van der Waals surface area contributed by atoms with Crippen LogP contribution in [0.4, 0.5) is 0 Å². The molecular formula is C22H54. The Hall–Kier alpha value is 0. The minimum Gasteiger partial charge on any atom is -0.0683 e. The maximum Gasteiger partial charge on any atom is -0.0417 e. The molecule has 0 aliphatic heterocycles. The second-order valence-corrected chi connectivity index (χ2v) is 5.39. The molecule has 142 valence electrons. The van der Waals surface area contributed by atoms with Crippen LogP contribution in [0.25, 0.3) is 0 Å². The molecule has 0 saturated carbocycles. The number of hydrogen-bond donors (Lipinski definition) is 0. The van der Waals surface area contributed by atoms with Gasteiger partial charge in [-0.1, -0.05) is 134 Å². The van der Waals surface area contributed by atoms with Gasteiger partial charge in [-0.25, -0.2) is 0 Å². The summed E-state index contributed by atoms with van der Waals surface area (Å²) in [5, 5.41) is 0. The lowest BCUT2D eigenvalue weighted by Crippen LogP contribution is -1.97. The topological polar surface area (TPSA) is 0 Å². The second-order valence-electron chi connectivity index (χ2n) is 5.39. The fraction of sp³-hybridized carbons (Fsp3) is 1.00. The maximum atomic E-state index is 2.32. The van der Waals surface area contributed by atoms with Crippen molar-refractivity contribution in [3.63, 3.8) is 0 Å². The fourth-order valence-corrected chi connectivity index (χ4v) is 2.03. The van der Waals surface area contributed by atoms with E-state index in [9.17, 15) is 0 Å². The van der Waals surface area contributed by atoms with E-state index in [2.05, 4.69) is 41.5 Å². The van der Waals surface area contributed by atoms with Crippen LogP contribution in [0.2, 0.25) is 0 Å². The Morgan fingerprint density at radius 3 is 1.14 bits per heavy atom. The molecule has 0 aromatic rings. The summed E-state index contributed by atoms with van der Waals surface area (Å²) in [7, 11) is 0. The average molecular weight is 319 g/mol. The minimum absolute atomic E-state index is 0.898. The van der Waals surface area contributed by atoms with Crippen molar-refractivity contribution in [2.75, 3.05) is 0 Å². The Kier molecular flexibility index (Phi) is 65.4. The van der Waals surface area contributed by atoms with Gasteiger partial charge in [0.25, 0.3) is 0 Å². The van der Waals surface area contributed by atoms with E-state index < -0.39 is 0 Å². The van der Waals surface area contributed by atoms with Crippen molar-refractivity contribution in [3.05, 3.63) is 0 Å². The van der Waals surface area contributed by atoms with E-state index in [1.807, 2.05) is 41.5 Å². The van der Waals surface area contributed by atoms with Gasteiger partial charge in [0.1, 0.15) is 0 Å². The third kappa shape index (κ3) is 50.1. The highest BCUT2D eigenvalue weighted by Gasteiger charge is 2.02. The molecule has 0 aromatic carbocycles. The van der Waals surface area contributed by atoms with Gasteiger partial charge in [0.15, 0.2) is 0 Å². The first kappa shape index (κ1) is 33.6. The lowest BCUT2D eigenvalue weighted by Gasteiger charge is -2.11. The molecule has 1 unspecified atom stereocenters. The summed E-state index contributed by atoms with van der Waals surface area (Å²) in [6.45, 7) is 25.6. The van der Waals surface area contributed by atoms with Crippen LogP contribution in [-0.2, 0) is 0 Å². The van der Waals surface area contributed by atoms with Crippen LogP contribution in [0.3, 0.4) is 0 Å². The normalized spacial score (nSPS) is 9.68. The Morgan fingerprint density at radius 2 is 0.955 bits per heavy atom. The van der Waals surface area contributed by atoms with Crippen LogP contribution in [0.5, 0.6) is 0 Å². The largest absolute Gasteiger partial charge is 0.0683 e. The summed E-state index contributed by atoms with van der Waals surface area (Å²) < 4.78 is 0. The third-order valence-corrected chi connectivity index (χ3v) is 3.11. The first-order valence-electron chi connectivity index (χ1n) is 10.6. The van der Waals surface area contributed by atoms with Gasteiger partial charge in [0, 0.05) is 0 Å². The molecule has 0 rings (SSSR count). The molecule has 0 saturated heterocycles. The van der Waals surface area contributed by atoms with Crippen molar-refractivity contribution in [1.82, 2.24) is 0 Å². The molecule has 0 aliphatic rings. The summed E-state index contributed by atoms with van der Waals surface area (Å²) in [4.78, 5) is 0. The molecular weight excluding hydrogens is 264 g/mol. The molecule has 1 atom stereocenters. The first-order valence-corrected chi connectivity index (χ1v) is 10.6. The van der Waals surface area contributed by atoms with E-state index in [0.29, 0.717) is 0 Å². The summed E-state index contributed by atoms with van der Waals surface area (Å²) in [5.41, 5.74) is 0. The van der Waals surface area contributed by atoms with Gasteiger partial charge < -0.3 is 0 Å². The molecule has 0 spiro atoms. The van der Waals surface area contributed by atoms with E-state index in [4.69, 9.17) is 0 Å². The van der Waals surface area contributed by atoms with Crippen LogP contribution in [0.15, 0.2) is 0 Å². The molecule has 0 aliphatic carbocycles. The van der Waals surface area contributed by atoms with Gasteiger partial charge in [0.2, 0.25) is 0 Å². The highest BCUT2D eigenvalue weighted by Crippen LogP contribution is 2.17. The summed E-state index contributed by atoms with van der Waals surface area (Å²) >= 11 is 0. The third-order valence-electron chi connectivity index (χ3n) is 3.11. The van der Waals surface area contributed by atoms with E-state index in [0.717, 1.165) is 11.8 Å². The van der Waals surface area contributed by atoms with Crippen molar-refractivity contribution < 1.29 is 0 Å². The molecule has 0 heteroatoms. The number of unbranched alkanes of at least 4 members (excludes halogenated alkanes) is 1.